The van der Waals surface area contributed by atoms with Gasteiger partial charge >= 0.3 is 6.09 Å². The summed E-state index contributed by atoms with van der Waals surface area (Å²) in [5.74, 6) is -1.64. The highest BCUT2D eigenvalue weighted by Gasteiger charge is 2.42. The van der Waals surface area contributed by atoms with Crippen molar-refractivity contribution in [3.63, 3.8) is 0 Å². The number of amides is 4. The van der Waals surface area contributed by atoms with Crippen molar-refractivity contribution in [3.8, 4) is 22.9 Å². The van der Waals surface area contributed by atoms with E-state index in [4.69, 9.17) is 9.47 Å². The van der Waals surface area contributed by atoms with Gasteiger partial charge in [-0.05, 0) is 76.6 Å². The van der Waals surface area contributed by atoms with Crippen LogP contribution in [0.4, 0.5) is 20.6 Å². The smallest absolute Gasteiger partial charge is 0.410 e. The third-order valence-corrected chi connectivity index (χ3v) is 8.15. The number of hydrogen-bond donors (Lipinski definition) is 1. The van der Waals surface area contributed by atoms with Gasteiger partial charge in [0.1, 0.15) is 29.3 Å². The summed E-state index contributed by atoms with van der Waals surface area (Å²) < 4.78 is 25.8. The molecular weight excluding hydrogens is 617 g/mol. The summed E-state index contributed by atoms with van der Waals surface area (Å²) in [5, 5.41) is 12.5. The molecule has 0 spiro atoms. The molecule has 1 aliphatic heterocycles. The predicted octanol–water partition coefficient (Wildman–Crippen LogP) is 5.40. The number of fused-ring (bicyclic) bond motifs is 1. The molecule has 0 saturated carbocycles. The average Bonchev–Trinajstić information content (AvgIpc) is 3.11. The second-order valence-electron chi connectivity index (χ2n) is 12.6. The van der Waals surface area contributed by atoms with Crippen LogP contribution in [0.1, 0.15) is 52.7 Å². The van der Waals surface area contributed by atoms with E-state index in [1.54, 1.807) is 70.2 Å². The minimum Gasteiger partial charge on any atom is -0.496 e. The van der Waals surface area contributed by atoms with Crippen molar-refractivity contribution in [3.05, 3.63) is 77.6 Å². The Morgan fingerprint density at radius 1 is 1.08 bits per heavy atom. The average molecular weight is 658 g/mol. The molecule has 252 valence electrons. The van der Waals surface area contributed by atoms with E-state index in [-0.39, 0.29) is 12.1 Å². The molecule has 0 unspecified atom stereocenters. The number of nitrogens with zero attached hydrogens (tertiary/aromatic N) is 4. The normalized spacial score (nSPS) is 16.6. The predicted molar refractivity (Wildman–Crippen MR) is 179 cm³/mol. The van der Waals surface area contributed by atoms with Gasteiger partial charge in [-0.2, -0.15) is 5.26 Å². The van der Waals surface area contributed by atoms with Crippen molar-refractivity contribution >= 4 is 35.2 Å². The number of likely N-dealkylation sites (N-methyl/N-ethyl adjacent to an activating group) is 1. The van der Waals surface area contributed by atoms with Gasteiger partial charge in [-0.25, -0.2) is 9.18 Å². The van der Waals surface area contributed by atoms with E-state index < -0.39 is 53.4 Å². The number of benzene rings is 3. The second-order valence-corrected chi connectivity index (χ2v) is 12.6. The van der Waals surface area contributed by atoms with Crippen molar-refractivity contribution in [1.82, 2.24) is 10.2 Å². The molecule has 4 rings (SSSR count). The number of hydrogen-bond acceptors (Lipinski definition) is 7. The van der Waals surface area contributed by atoms with Crippen LogP contribution in [0.15, 0.2) is 60.7 Å². The maximum atomic E-state index is 14.8. The molecule has 0 aromatic heterocycles. The highest BCUT2D eigenvalue weighted by atomic mass is 19.1. The van der Waals surface area contributed by atoms with Crippen LogP contribution in [0.25, 0.3) is 11.1 Å². The van der Waals surface area contributed by atoms with Gasteiger partial charge in [-0.15, -0.1) is 0 Å². The van der Waals surface area contributed by atoms with Gasteiger partial charge < -0.3 is 24.6 Å². The number of carbonyl (C=O) groups is 4. The number of carbonyl (C=O) groups excluding carboxylic acids is 4. The first-order valence-electron chi connectivity index (χ1n) is 15.4. The van der Waals surface area contributed by atoms with Crippen molar-refractivity contribution in [1.29, 1.82) is 5.26 Å². The van der Waals surface area contributed by atoms with Crippen LogP contribution in [0, 0.1) is 17.1 Å². The molecule has 1 N–H and O–H groups in total. The van der Waals surface area contributed by atoms with Crippen molar-refractivity contribution in [2.75, 3.05) is 24.0 Å². The molecule has 0 bridgehead atoms. The SMILES string of the molecule is COc1ccc(-c2ccccc2F)cc1CN1C(=O)[C@@H](NC(=O)[C@H](C)N(C)C(=O)OC(C)(C)C)[C@H](C)N(C(C)=O)c2cc(C#N)ccc21. The molecule has 0 fully saturated rings. The number of nitriles is 1. The fraction of sp³-hybridized carbons (Fsp3) is 0.361. The summed E-state index contributed by atoms with van der Waals surface area (Å²) in [6, 6.07) is 14.9. The lowest BCUT2D eigenvalue weighted by molar-refractivity contribution is -0.131. The van der Waals surface area contributed by atoms with Gasteiger partial charge in [-0.3, -0.25) is 19.3 Å². The lowest BCUT2D eigenvalue weighted by Crippen LogP contribution is -2.60. The Balaban J connectivity index is 1.81. The minimum atomic E-state index is -1.28. The van der Waals surface area contributed by atoms with E-state index in [9.17, 15) is 28.8 Å². The largest absolute Gasteiger partial charge is 0.496 e. The van der Waals surface area contributed by atoms with Gasteiger partial charge in [0.05, 0.1) is 42.7 Å². The number of anilines is 2. The third-order valence-electron chi connectivity index (χ3n) is 8.15. The number of methoxy groups -OCH3 is 1. The van der Waals surface area contributed by atoms with E-state index in [0.717, 1.165) is 4.90 Å². The zero-order valence-corrected chi connectivity index (χ0v) is 28.3. The Kier molecular flexibility index (Phi) is 10.4. The molecule has 3 atom stereocenters. The van der Waals surface area contributed by atoms with Gasteiger partial charge in [-0.1, -0.05) is 24.3 Å². The van der Waals surface area contributed by atoms with Crippen molar-refractivity contribution in [2.24, 2.45) is 0 Å². The Bertz CT molecular complexity index is 1780. The summed E-state index contributed by atoms with van der Waals surface area (Å²) in [7, 11) is 2.89. The molecule has 3 aromatic carbocycles. The number of ether oxygens (including phenoxy) is 2. The number of rotatable bonds is 7. The Labute approximate surface area is 279 Å². The van der Waals surface area contributed by atoms with E-state index in [1.807, 2.05) is 0 Å². The maximum Gasteiger partial charge on any atom is 0.410 e. The summed E-state index contributed by atoms with van der Waals surface area (Å²) in [5.41, 5.74) is 1.50. The summed E-state index contributed by atoms with van der Waals surface area (Å²) >= 11 is 0. The van der Waals surface area contributed by atoms with Crippen LogP contribution in [-0.4, -0.2) is 66.6 Å². The van der Waals surface area contributed by atoms with Crippen LogP contribution >= 0.6 is 0 Å². The second kappa shape index (κ2) is 14.1. The first-order chi connectivity index (χ1) is 22.6. The molecule has 1 aliphatic rings. The van der Waals surface area contributed by atoms with E-state index in [1.165, 1.54) is 56.0 Å². The van der Waals surface area contributed by atoms with Gasteiger partial charge in [0, 0.05) is 25.1 Å². The minimum absolute atomic E-state index is 0.0958. The molecule has 1 heterocycles. The summed E-state index contributed by atoms with van der Waals surface area (Å²) in [4.78, 5) is 58.1. The molecule has 0 aliphatic carbocycles. The Morgan fingerprint density at radius 2 is 1.77 bits per heavy atom. The molecule has 3 aromatic rings. The molecule has 4 amide bonds. The maximum absolute atomic E-state index is 14.8. The lowest BCUT2D eigenvalue weighted by atomic mass is 10.0. The van der Waals surface area contributed by atoms with Crippen LogP contribution in [-0.2, 0) is 25.7 Å². The van der Waals surface area contributed by atoms with E-state index in [0.29, 0.717) is 33.8 Å². The van der Waals surface area contributed by atoms with E-state index >= 15 is 0 Å². The summed E-state index contributed by atoms with van der Waals surface area (Å²) in [6.45, 7) is 9.47. The first kappa shape index (κ1) is 35.4. The number of nitrogens with one attached hydrogen (secondary N) is 1. The van der Waals surface area contributed by atoms with Crippen LogP contribution < -0.4 is 19.9 Å². The number of halogens is 1. The highest BCUT2D eigenvalue weighted by Crippen LogP contribution is 2.39. The Morgan fingerprint density at radius 3 is 2.38 bits per heavy atom. The van der Waals surface area contributed by atoms with Gasteiger partial charge in [0.15, 0.2) is 0 Å². The fourth-order valence-electron chi connectivity index (χ4n) is 5.55. The van der Waals surface area contributed by atoms with Crippen LogP contribution in [0.3, 0.4) is 0 Å². The van der Waals surface area contributed by atoms with Crippen molar-refractivity contribution in [2.45, 2.75) is 71.8 Å². The standard InChI is InChI=1S/C36H40FN5O6/c1-21-32(39-33(44)22(2)40(7)35(46)48-36(4,5)6)34(45)41(29-15-13-24(19-38)17-30(29)42(21)23(3)43)20-26-18-25(14-16-31(26)47-8)27-11-9-10-12-28(27)37/h9-18,21-22,32H,20H2,1-8H3,(H,39,44)/t21-,22-,32-/m0/s1. The fourth-order valence-corrected chi connectivity index (χ4v) is 5.55. The topological polar surface area (TPSA) is 132 Å². The quantitative estimate of drug-likeness (QED) is 0.360. The summed E-state index contributed by atoms with van der Waals surface area (Å²) in [6.07, 6.45) is -0.726. The Hall–Kier alpha value is -5.44. The monoisotopic (exact) mass is 657 g/mol. The molecule has 0 saturated heterocycles. The van der Waals surface area contributed by atoms with Crippen molar-refractivity contribution < 1.29 is 33.0 Å². The van der Waals surface area contributed by atoms with Crippen LogP contribution in [0.2, 0.25) is 0 Å². The van der Waals surface area contributed by atoms with Gasteiger partial charge in [0.25, 0.3) is 5.91 Å². The molecule has 12 heteroatoms. The van der Waals surface area contributed by atoms with Crippen LogP contribution in [0.5, 0.6) is 5.75 Å². The molecule has 48 heavy (non-hydrogen) atoms. The molecule has 0 radical (unpaired) electrons. The third kappa shape index (κ3) is 7.41. The molecular formula is C36H40FN5O6. The zero-order valence-electron chi connectivity index (χ0n) is 28.3. The lowest BCUT2D eigenvalue weighted by Gasteiger charge is -2.33. The van der Waals surface area contributed by atoms with Gasteiger partial charge in [0.2, 0.25) is 11.8 Å². The highest BCUT2D eigenvalue weighted by molar-refractivity contribution is 6.08. The molecule has 11 nitrogen and oxygen atoms in total. The zero-order chi connectivity index (χ0) is 35.5. The first-order valence-corrected chi connectivity index (χ1v) is 15.4. The van der Waals surface area contributed by atoms with E-state index in [2.05, 4.69) is 11.4 Å².